The Bertz CT molecular complexity index is 1220. The SMILES string of the molecule is COCCC(=O)Nc1cc(C(=O)N2CCC[C@H]2C(=O)OC)cc2nc(-c3ccccc3)n(C)c12. The van der Waals surface area contributed by atoms with E-state index in [1.54, 1.807) is 12.1 Å². The van der Waals surface area contributed by atoms with E-state index in [2.05, 4.69) is 5.32 Å². The van der Waals surface area contributed by atoms with Crippen LogP contribution in [0.3, 0.4) is 0 Å². The van der Waals surface area contributed by atoms with Crippen LogP contribution in [0, 0.1) is 0 Å². The monoisotopic (exact) mass is 464 g/mol. The Hall–Kier alpha value is -3.72. The van der Waals surface area contributed by atoms with Crippen LogP contribution in [-0.2, 0) is 26.1 Å². The molecule has 2 amide bonds. The molecule has 0 saturated carbocycles. The lowest BCUT2D eigenvalue weighted by Crippen LogP contribution is -2.41. The number of imidazole rings is 1. The van der Waals surface area contributed by atoms with E-state index in [1.807, 2.05) is 41.9 Å². The number of carbonyl (C=O) groups excluding carboxylic acids is 3. The van der Waals surface area contributed by atoms with Crippen LogP contribution in [0.15, 0.2) is 42.5 Å². The van der Waals surface area contributed by atoms with Crippen LogP contribution in [0.4, 0.5) is 5.69 Å². The first-order chi connectivity index (χ1) is 16.4. The van der Waals surface area contributed by atoms with Gasteiger partial charge in [-0.2, -0.15) is 0 Å². The van der Waals surface area contributed by atoms with Crippen molar-refractivity contribution in [3.63, 3.8) is 0 Å². The summed E-state index contributed by atoms with van der Waals surface area (Å²) in [6, 6.07) is 12.4. The van der Waals surface area contributed by atoms with Gasteiger partial charge in [-0.25, -0.2) is 9.78 Å². The molecule has 178 valence electrons. The molecule has 0 bridgehead atoms. The van der Waals surface area contributed by atoms with Crippen molar-refractivity contribution >= 4 is 34.5 Å². The molecule has 9 heteroatoms. The summed E-state index contributed by atoms with van der Waals surface area (Å²) >= 11 is 0. The summed E-state index contributed by atoms with van der Waals surface area (Å²) < 4.78 is 11.8. The van der Waals surface area contributed by atoms with Gasteiger partial charge in [-0.05, 0) is 25.0 Å². The first-order valence-corrected chi connectivity index (χ1v) is 11.2. The third-order valence-corrected chi connectivity index (χ3v) is 6.04. The first kappa shape index (κ1) is 23.4. The lowest BCUT2D eigenvalue weighted by atomic mass is 10.1. The first-order valence-electron chi connectivity index (χ1n) is 11.2. The summed E-state index contributed by atoms with van der Waals surface area (Å²) in [4.78, 5) is 44.5. The molecule has 0 radical (unpaired) electrons. The molecular weight excluding hydrogens is 436 g/mol. The molecule has 34 heavy (non-hydrogen) atoms. The summed E-state index contributed by atoms with van der Waals surface area (Å²) in [7, 11) is 4.73. The van der Waals surface area contributed by atoms with Crippen molar-refractivity contribution in [2.75, 3.05) is 32.7 Å². The Morgan fingerprint density at radius 2 is 1.91 bits per heavy atom. The second-order valence-electron chi connectivity index (χ2n) is 8.22. The maximum Gasteiger partial charge on any atom is 0.328 e. The lowest BCUT2D eigenvalue weighted by molar-refractivity contribution is -0.145. The maximum atomic E-state index is 13.4. The minimum absolute atomic E-state index is 0.177. The average molecular weight is 465 g/mol. The molecule has 2 aromatic carbocycles. The van der Waals surface area contributed by atoms with E-state index in [0.717, 1.165) is 12.0 Å². The predicted molar refractivity (Wildman–Crippen MR) is 127 cm³/mol. The number of rotatable bonds is 7. The number of fused-ring (bicyclic) bond motifs is 1. The van der Waals surface area contributed by atoms with Crippen molar-refractivity contribution in [2.24, 2.45) is 7.05 Å². The Labute approximate surface area is 197 Å². The van der Waals surface area contributed by atoms with Crippen LogP contribution >= 0.6 is 0 Å². The fraction of sp³-hybridized carbons (Fsp3) is 0.360. The molecule has 1 aromatic heterocycles. The quantitative estimate of drug-likeness (QED) is 0.540. The van der Waals surface area contributed by atoms with Crippen LogP contribution in [0.2, 0.25) is 0 Å². The van der Waals surface area contributed by atoms with Gasteiger partial charge in [0.05, 0.1) is 36.9 Å². The highest BCUT2D eigenvalue weighted by atomic mass is 16.5. The number of aromatic nitrogens is 2. The third-order valence-electron chi connectivity index (χ3n) is 6.04. The average Bonchev–Trinajstić information content (AvgIpc) is 3.47. The molecule has 1 N–H and O–H groups in total. The van der Waals surface area contributed by atoms with E-state index in [1.165, 1.54) is 19.1 Å². The van der Waals surface area contributed by atoms with E-state index in [-0.39, 0.29) is 24.8 Å². The van der Waals surface area contributed by atoms with Gasteiger partial charge in [0.2, 0.25) is 5.91 Å². The number of carbonyl (C=O) groups is 3. The zero-order valence-corrected chi connectivity index (χ0v) is 19.5. The summed E-state index contributed by atoms with van der Waals surface area (Å²) in [6.45, 7) is 0.743. The minimum Gasteiger partial charge on any atom is -0.467 e. The van der Waals surface area contributed by atoms with Gasteiger partial charge in [-0.3, -0.25) is 9.59 Å². The Balaban J connectivity index is 1.79. The van der Waals surface area contributed by atoms with Crippen molar-refractivity contribution in [3.8, 4) is 11.4 Å². The number of amides is 2. The largest absolute Gasteiger partial charge is 0.467 e. The second kappa shape index (κ2) is 10.0. The van der Waals surface area contributed by atoms with E-state index in [4.69, 9.17) is 14.5 Å². The summed E-state index contributed by atoms with van der Waals surface area (Å²) in [5.74, 6) is -0.247. The van der Waals surface area contributed by atoms with Gasteiger partial charge in [0.1, 0.15) is 11.9 Å². The zero-order chi connectivity index (χ0) is 24.2. The number of hydrogen-bond donors (Lipinski definition) is 1. The third kappa shape index (κ3) is 4.51. The molecule has 1 aliphatic heterocycles. The normalized spacial score (nSPS) is 15.5. The molecule has 3 aromatic rings. The van der Waals surface area contributed by atoms with Crippen LogP contribution in [-0.4, -0.2) is 65.6 Å². The number of ether oxygens (including phenoxy) is 2. The molecule has 1 fully saturated rings. The van der Waals surface area contributed by atoms with Crippen LogP contribution in [0.1, 0.15) is 29.6 Å². The van der Waals surface area contributed by atoms with Gasteiger partial charge < -0.3 is 24.3 Å². The highest BCUT2D eigenvalue weighted by Crippen LogP contribution is 2.32. The summed E-state index contributed by atoms with van der Waals surface area (Å²) in [6.07, 6.45) is 1.45. The van der Waals surface area contributed by atoms with Gasteiger partial charge in [0.15, 0.2) is 0 Å². The van der Waals surface area contributed by atoms with Gasteiger partial charge in [-0.1, -0.05) is 30.3 Å². The number of nitrogens with zero attached hydrogens (tertiary/aromatic N) is 3. The molecule has 4 rings (SSSR count). The molecule has 0 spiro atoms. The number of benzene rings is 2. The van der Waals surface area contributed by atoms with Gasteiger partial charge in [-0.15, -0.1) is 0 Å². The topological polar surface area (TPSA) is 103 Å². The van der Waals surface area contributed by atoms with Crippen LogP contribution < -0.4 is 5.32 Å². The Kier molecular flexibility index (Phi) is 6.93. The van der Waals surface area contributed by atoms with Crippen molar-refractivity contribution in [2.45, 2.75) is 25.3 Å². The molecule has 1 saturated heterocycles. The van der Waals surface area contributed by atoms with Gasteiger partial charge in [0.25, 0.3) is 5.91 Å². The number of anilines is 1. The number of likely N-dealkylation sites (tertiary alicyclic amines) is 1. The van der Waals surface area contributed by atoms with E-state index in [0.29, 0.717) is 41.1 Å². The number of esters is 1. The van der Waals surface area contributed by atoms with Gasteiger partial charge >= 0.3 is 5.97 Å². The molecule has 1 atom stereocenters. The number of hydrogen-bond acceptors (Lipinski definition) is 6. The van der Waals surface area contributed by atoms with Crippen molar-refractivity contribution in [1.82, 2.24) is 14.5 Å². The number of nitrogens with one attached hydrogen (secondary N) is 1. The molecule has 0 unspecified atom stereocenters. The standard InChI is InChI=1S/C25H28N4O5/c1-28-22-18(26-21(30)11-13-33-2)14-17(24(31)29-12-7-10-20(29)25(32)34-3)15-19(22)27-23(28)16-8-5-4-6-9-16/h4-6,8-9,14-15,20H,7,10-13H2,1-3H3,(H,26,30)/t20-/m0/s1. The fourth-order valence-corrected chi connectivity index (χ4v) is 4.38. The van der Waals surface area contributed by atoms with E-state index < -0.39 is 12.0 Å². The molecule has 9 nitrogen and oxygen atoms in total. The highest BCUT2D eigenvalue weighted by Gasteiger charge is 2.35. The smallest absolute Gasteiger partial charge is 0.328 e. The number of aryl methyl sites for hydroxylation is 1. The van der Waals surface area contributed by atoms with Crippen molar-refractivity contribution in [1.29, 1.82) is 0 Å². The maximum absolute atomic E-state index is 13.4. The van der Waals surface area contributed by atoms with Crippen molar-refractivity contribution in [3.05, 3.63) is 48.0 Å². The Morgan fingerprint density at radius 3 is 2.62 bits per heavy atom. The number of methoxy groups -OCH3 is 2. The molecular formula is C25H28N4O5. The highest BCUT2D eigenvalue weighted by molar-refractivity contribution is 6.06. The fourth-order valence-electron chi connectivity index (χ4n) is 4.38. The van der Waals surface area contributed by atoms with Gasteiger partial charge in [0, 0.05) is 31.8 Å². The van der Waals surface area contributed by atoms with Crippen LogP contribution in [0.5, 0.6) is 0 Å². The van der Waals surface area contributed by atoms with E-state index >= 15 is 0 Å². The van der Waals surface area contributed by atoms with Crippen molar-refractivity contribution < 1.29 is 23.9 Å². The summed E-state index contributed by atoms with van der Waals surface area (Å²) in [5.41, 5.74) is 3.02. The molecule has 0 aliphatic carbocycles. The second-order valence-corrected chi connectivity index (χ2v) is 8.22. The Morgan fingerprint density at radius 1 is 1.15 bits per heavy atom. The predicted octanol–water partition coefficient (Wildman–Crippen LogP) is 2.99. The van der Waals surface area contributed by atoms with E-state index in [9.17, 15) is 14.4 Å². The zero-order valence-electron chi connectivity index (χ0n) is 19.5. The lowest BCUT2D eigenvalue weighted by Gasteiger charge is -2.23. The minimum atomic E-state index is -0.614. The summed E-state index contributed by atoms with van der Waals surface area (Å²) in [5, 5.41) is 2.91. The molecule has 2 heterocycles. The van der Waals surface area contributed by atoms with Crippen LogP contribution in [0.25, 0.3) is 22.4 Å². The molecule has 1 aliphatic rings.